The molecule has 29 heavy (non-hydrogen) atoms. The number of rotatable bonds is 4. The molecular weight excluding hydrogens is 380 g/mol. The van der Waals surface area contributed by atoms with Gasteiger partial charge in [-0.2, -0.15) is 0 Å². The molecule has 1 aliphatic heterocycles. The van der Waals surface area contributed by atoms with Gasteiger partial charge in [-0.1, -0.05) is 19.8 Å². The Bertz CT molecular complexity index is 896. The lowest BCUT2D eigenvalue weighted by Crippen LogP contribution is -2.51. The van der Waals surface area contributed by atoms with Gasteiger partial charge in [-0.05, 0) is 50.5 Å². The van der Waals surface area contributed by atoms with Crippen LogP contribution in [0.2, 0.25) is 0 Å². The van der Waals surface area contributed by atoms with Crippen molar-refractivity contribution in [2.45, 2.75) is 71.1 Å². The maximum Gasteiger partial charge on any atom is 0.225 e. The Morgan fingerprint density at radius 1 is 1.03 bits per heavy atom. The average molecular weight is 413 g/mol. The van der Waals surface area contributed by atoms with E-state index in [4.69, 9.17) is 9.97 Å². The summed E-state index contributed by atoms with van der Waals surface area (Å²) in [6.07, 6.45) is 11.7. The van der Waals surface area contributed by atoms with Gasteiger partial charge in [0, 0.05) is 43.4 Å². The van der Waals surface area contributed by atoms with Crippen molar-refractivity contribution >= 4 is 33.3 Å². The summed E-state index contributed by atoms with van der Waals surface area (Å²) in [4.78, 5) is 29.9. The predicted octanol–water partition coefficient (Wildman–Crippen LogP) is 4.36. The van der Waals surface area contributed by atoms with Crippen molar-refractivity contribution < 1.29 is 4.79 Å². The van der Waals surface area contributed by atoms with Crippen molar-refractivity contribution in [1.82, 2.24) is 14.9 Å². The van der Waals surface area contributed by atoms with Gasteiger partial charge >= 0.3 is 0 Å². The number of nitrogens with zero attached hydrogens (tertiary/aromatic N) is 4. The summed E-state index contributed by atoms with van der Waals surface area (Å²) in [6.45, 7) is 5.63. The molecule has 5 rings (SSSR count). The molecule has 0 unspecified atom stereocenters. The lowest BCUT2D eigenvalue weighted by Gasteiger charge is -2.39. The summed E-state index contributed by atoms with van der Waals surface area (Å²) >= 11 is 1.91. The summed E-state index contributed by atoms with van der Waals surface area (Å²) < 4.78 is 0. The molecule has 5 nitrogen and oxygen atoms in total. The minimum Gasteiger partial charge on any atom is -0.352 e. The Morgan fingerprint density at radius 2 is 1.83 bits per heavy atom. The largest absolute Gasteiger partial charge is 0.352 e. The molecule has 1 saturated heterocycles. The van der Waals surface area contributed by atoms with Crippen molar-refractivity contribution in [3.05, 3.63) is 16.3 Å². The van der Waals surface area contributed by atoms with Crippen LogP contribution in [-0.4, -0.2) is 47.0 Å². The molecule has 2 aromatic rings. The molecule has 0 spiro atoms. The highest BCUT2D eigenvalue weighted by Gasteiger charge is 2.32. The van der Waals surface area contributed by atoms with E-state index in [1.165, 1.54) is 54.3 Å². The fourth-order valence-electron chi connectivity index (χ4n) is 4.97. The monoisotopic (exact) mass is 412 g/mol. The highest BCUT2D eigenvalue weighted by atomic mass is 32.1. The zero-order valence-corrected chi connectivity index (χ0v) is 18.4. The Hall–Kier alpha value is -1.69. The van der Waals surface area contributed by atoms with E-state index in [9.17, 15) is 4.79 Å². The van der Waals surface area contributed by atoms with Gasteiger partial charge in [0.05, 0.1) is 5.39 Å². The van der Waals surface area contributed by atoms with Gasteiger partial charge in [-0.3, -0.25) is 4.79 Å². The molecule has 1 amide bonds. The summed E-state index contributed by atoms with van der Waals surface area (Å²) in [5.41, 5.74) is 1.52. The molecule has 3 heterocycles. The number of aromatic nitrogens is 2. The minimum absolute atomic E-state index is 0.302. The Kier molecular flexibility index (Phi) is 5.46. The molecule has 3 aliphatic rings. The second kappa shape index (κ2) is 8.21. The van der Waals surface area contributed by atoms with E-state index in [0.29, 0.717) is 11.8 Å². The number of anilines is 1. The third-order valence-electron chi connectivity index (χ3n) is 6.91. The van der Waals surface area contributed by atoms with Crippen molar-refractivity contribution in [1.29, 1.82) is 0 Å². The molecule has 2 fully saturated rings. The van der Waals surface area contributed by atoms with Gasteiger partial charge in [0.1, 0.15) is 16.5 Å². The van der Waals surface area contributed by atoms with Gasteiger partial charge in [-0.15, -0.1) is 11.3 Å². The fraction of sp³-hybridized carbons (Fsp3) is 0.696. The lowest BCUT2D eigenvalue weighted by atomic mass is 9.84. The lowest BCUT2D eigenvalue weighted by molar-refractivity contribution is -0.138. The van der Waals surface area contributed by atoms with Crippen LogP contribution >= 0.6 is 11.3 Å². The second-order valence-electron chi connectivity index (χ2n) is 8.90. The normalized spacial score (nSPS) is 20.4. The van der Waals surface area contributed by atoms with Crippen molar-refractivity contribution in [3.63, 3.8) is 0 Å². The van der Waals surface area contributed by atoms with E-state index in [1.807, 2.05) is 11.3 Å². The summed E-state index contributed by atoms with van der Waals surface area (Å²) in [7, 11) is 0. The van der Waals surface area contributed by atoms with E-state index in [-0.39, 0.29) is 0 Å². The zero-order chi connectivity index (χ0) is 19.8. The van der Waals surface area contributed by atoms with Crippen LogP contribution in [-0.2, 0) is 24.1 Å². The first-order chi connectivity index (χ1) is 14.2. The van der Waals surface area contributed by atoms with Crippen LogP contribution in [0.15, 0.2) is 0 Å². The number of piperazine rings is 1. The molecule has 156 valence electrons. The Morgan fingerprint density at radius 3 is 2.55 bits per heavy atom. The number of hydrogen-bond donors (Lipinski definition) is 0. The SMILES string of the molecule is CCCc1nc(N2CCN(C(=O)C3CCC3)CC2)c2c3c(sc2n1)CCCCC3. The molecule has 0 radical (unpaired) electrons. The van der Waals surface area contributed by atoms with E-state index < -0.39 is 0 Å². The average Bonchev–Trinajstić information content (AvgIpc) is 2.87. The van der Waals surface area contributed by atoms with Gasteiger partial charge in [0.15, 0.2) is 0 Å². The fourth-order valence-corrected chi connectivity index (χ4v) is 6.25. The first-order valence-corrected chi connectivity index (χ1v) is 12.4. The summed E-state index contributed by atoms with van der Waals surface area (Å²) in [6, 6.07) is 0. The van der Waals surface area contributed by atoms with Gasteiger partial charge in [0.2, 0.25) is 5.91 Å². The molecule has 0 bridgehead atoms. The smallest absolute Gasteiger partial charge is 0.225 e. The van der Waals surface area contributed by atoms with Crippen molar-refractivity contribution in [3.8, 4) is 0 Å². The number of fused-ring (bicyclic) bond motifs is 3. The van der Waals surface area contributed by atoms with E-state index in [1.54, 1.807) is 4.88 Å². The summed E-state index contributed by atoms with van der Waals surface area (Å²) in [5.74, 6) is 2.82. The quantitative estimate of drug-likeness (QED) is 0.700. The molecular formula is C23H32N4OS. The highest BCUT2D eigenvalue weighted by Crippen LogP contribution is 2.39. The first-order valence-electron chi connectivity index (χ1n) is 11.6. The molecule has 0 aromatic carbocycles. The third kappa shape index (κ3) is 3.65. The first kappa shape index (κ1) is 19.3. The van der Waals surface area contributed by atoms with Crippen LogP contribution in [0.25, 0.3) is 10.2 Å². The standard InChI is InChI=1S/C23H32N4OS/c1-2-7-19-24-21(20-17-10-4-3-5-11-18(17)29-22(20)25-19)26-12-14-27(15-13-26)23(28)16-8-6-9-16/h16H,2-15H2,1H3. The molecule has 0 N–H and O–H groups in total. The highest BCUT2D eigenvalue weighted by molar-refractivity contribution is 7.19. The van der Waals surface area contributed by atoms with E-state index >= 15 is 0 Å². The van der Waals surface area contributed by atoms with E-state index in [0.717, 1.165) is 63.5 Å². The van der Waals surface area contributed by atoms with Crippen LogP contribution in [0, 0.1) is 5.92 Å². The number of carbonyl (C=O) groups excluding carboxylic acids is 1. The van der Waals surface area contributed by atoms with Crippen LogP contribution in [0.1, 0.15) is 68.1 Å². The van der Waals surface area contributed by atoms with Crippen LogP contribution in [0.4, 0.5) is 5.82 Å². The number of carbonyl (C=O) groups is 1. The zero-order valence-electron chi connectivity index (χ0n) is 17.6. The molecule has 2 aromatic heterocycles. The molecule has 6 heteroatoms. The second-order valence-corrected chi connectivity index (χ2v) is 9.98. The number of thiophene rings is 1. The van der Waals surface area contributed by atoms with Crippen molar-refractivity contribution in [2.75, 3.05) is 31.1 Å². The van der Waals surface area contributed by atoms with Crippen LogP contribution in [0.5, 0.6) is 0 Å². The maximum absolute atomic E-state index is 12.6. The number of hydrogen-bond acceptors (Lipinski definition) is 5. The number of aryl methyl sites for hydroxylation is 3. The third-order valence-corrected chi connectivity index (χ3v) is 8.10. The number of amides is 1. The molecule has 2 aliphatic carbocycles. The molecule has 0 atom stereocenters. The Labute approximate surface area is 177 Å². The van der Waals surface area contributed by atoms with E-state index in [2.05, 4.69) is 16.7 Å². The minimum atomic E-state index is 0.302. The topological polar surface area (TPSA) is 49.3 Å². The van der Waals surface area contributed by atoms with Crippen LogP contribution in [0.3, 0.4) is 0 Å². The van der Waals surface area contributed by atoms with Gasteiger partial charge < -0.3 is 9.80 Å². The van der Waals surface area contributed by atoms with Gasteiger partial charge in [0.25, 0.3) is 0 Å². The predicted molar refractivity (Wildman–Crippen MR) is 119 cm³/mol. The van der Waals surface area contributed by atoms with Crippen molar-refractivity contribution in [2.24, 2.45) is 5.92 Å². The van der Waals surface area contributed by atoms with Crippen LogP contribution < -0.4 is 4.90 Å². The molecule has 1 saturated carbocycles. The maximum atomic E-state index is 12.6. The summed E-state index contributed by atoms with van der Waals surface area (Å²) in [5, 5.41) is 1.32. The van der Waals surface area contributed by atoms with Gasteiger partial charge in [-0.25, -0.2) is 9.97 Å². The Balaban J connectivity index is 1.45.